The molecule has 2 aliphatic heterocycles. The zero-order chi connectivity index (χ0) is 23.8. The average Bonchev–Trinajstić information content (AvgIpc) is 3.37. The van der Waals surface area contributed by atoms with Gasteiger partial charge in [0.1, 0.15) is 17.9 Å². The second-order valence-corrected chi connectivity index (χ2v) is 10.3. The van der Waals surface area contributed by atoms with E-state index in [2.05, 4.69) is 23.7 Å². The molecule has 1 saturated heterocycles. The molecule has 2 heterocycles. The molecule has 5 rings (SSSR count). The van der Waals surface area contributed by atoms with Gasteiger partial charge in [-0.1, -0.05) is 13.5 Å². The predicted octanol–water partition coefficient (Wildman–Crippen LogP) is 3.48. The summed E-state index contributed by atoms with van der Waals surface area (Å²) >= 11 is 0. The predicted molar refractivity (Wildman–Crippen MR) is 129 cm³/mol. The molecule has 4 aliphatic rings. The van der Waals surface area contributed by atoms with E-state index in [-0.39, 0.29) is 17.9 Å². The van der Waals surface area contributed by atoms with Gasteiger partial charge in [0.05, 0.1) is 6.10 Å². The maximum absolute atomic E-state index is 13.0. The highest BCUT2D eigenvalue weighted by atomic mass is 16.5. The van der Waals surface area contributed by atoms with Crippen LogP contribution in [0, 0.1) is 5.92 Å². The first kappa shape index (κ1) is 23.4. The average molecular weight is 468 g/mol. The summed E-state index contributed by atoms with van der Waals surface area (Å²) in [4.78, 5) is 29.8. The maximum Gasteiger partial charge on any atom is 0.255 e. The number of nitrogens with one attached hydrogen (secondary N) is 1. The third-order valence-corrected chi connectivity index (χ3v) is 8.21. The monoisotopic (exact) mass is 467 g/mol. The van der Waals surface area contributed by atoms with Crippen molar-refractivity contribution in [1.82, 2.24) is 15.1 Å². The van der Waals surface area contributed by atoms with Gasteiger partial charge in [-0.05, 0) is 81.2 Å². The van der Waals surface area contributed by atoms with Crippen LogP contribution >= 0.6 is 0 Å². The lowest BCUT2D eigenvalue weighted by Gasteiger charge is -2.40. The summed E-state index contributed by atoms with van der Waals surface area (Å²) in [7, 11) is 1.81. The van der Waals surface area contributed by atoms with E-state index in [1.54, 1.807) is 4.90 Å². The number of benzene rings is 1. The van der Waals surface area contributed by atoms with Gasteiger partial charge in [0, 0.05) is 37.5 Å². The number of allylic oxidation sites excluding steroid dienone is 1. The second kappa shape index (κ2) is 9.70. The highest BCUT2D eigenvalue weighted by Gasteiger charge is 2.39. The quantitative estimate of drug-likeness (QED) is 0.634. The number of carbonyl (C=O) groups excluding carboxylic acids is 2. The minimum Gasteiger partial charge on any atom is -0.489 e. The minimum atomic E-state index is -0.434. The van der Waals surface area contributed by atoms with Gasteiger partial charge in [-0.3, -0.25) is 14.5 Å². The molecule has 2 saturated carbocycles. The van der Waals surface area contributed by atoms with Crippen molar-refractivity contribution in [1.29, 1.82) is 0 Å². The van der Waals surface area contributed by atoms with Gasteiger partial charge in [0.15, 0.2) is 0 Å². The zero-order valence-corrected chi connectivity index (χ0v) is 20.4. The Bertz CT molecular complexity index is 957. The fraction of sp³-hybridized carbons (Fsp3) is 0.630. The SMILES string of the molecule is C=C1CCC(N2Cc3cc(O[C@@H]4CCC[C@@H]4N(CC)CC4CC(OC)C4)ccc3C2=O)C(=O)N1. The highest BCUT2D eigenvalue weighted by molar-refractivity contribution is 6.01. The lowest BCUT2D eigenvalue weighted by atomic mass is 9.81. The fourth-order valence-corrected chi connectivity index (χ4v) is 6.19. The van der Waals surface area contributed by atoms with Crippen LogP contribution < -0.4 is 10.1 Å². The summed E-state index contributed by atoms with van der Waals surface area (Å²) < 4.78 is 12.0. The summed E-state index contributed by atoms with van der Waals surface area (Å²) in [6, 6.07) is 5.79. The molecule has 3 fully saturated rings. The van der Waals surface area contributed by atoms with E-state index in [0.717, 1.165) is 61.7 Å². The molecule has 0 aromatic heterocycles. The first-order valence-electron chi connectivity index (χ1n) is 12.8. The number of fused-ring (bicyclic) bond motifs is 1. The van der Waals surface area contributed by atoms with E-state index in [0.29, 0.717) is 37.1 Å². The van der Waals surface area contributed by atoms with Gasteiger partial charge in [-0.2, -0.15) is 0 Å². The number of amides is 2. The van der Waals surface area contributed by atoms with Crippen LogP contribution in [-0.2, 0) is 16.1 Å². The number of carbonyl (C=O) groups is 2. The minimum absolute atomic E-state index is 0.0695. The summed E-state index contributed by atoms with van der Waals surface area (Å²) in [5.41, 5.74) is 2.35. The van der Waals surface area contributed by atoms with Crippen LogP contribution in [0.5, 0.6) is 5.75 Å². The van der Waals surface area contributed by atoms with Crippen molar-refractivity contribution in [3.63, 3.8) is 0 Å². The number of hydrogen-bond donors (Lipinski definition) is 1. The number of piperidine rings is 1. The number of rotatable bonds is 8. The molecule has 1 aromatic carbocycles. The van der Waals surface area contributed by atoms with Crippen LogP contribution in [0.4, 0.5) is 0 Å². The van der Waals surface area contributed by atoms with Gasteiger partial charge in [-0.25, -0.2) is 0 Å². The smallest absolute Gasteiger partial charge is 0.255 e. The topological polar surface area (TPSA) is 71.1 Å². The standard InChI is InChI=1S/C27H37N3O4/c1-4-29(15-18-12-21(13-18)33-3)23-6-5-7-25(23)34-20-9-10-22-19(14-20)16-30(27(22)32)24-11-8-17(2)28-26(24)31/h9-10,14,18,21,23-25H,2,4-8,11-13,15-16H2,1,3H3,(H,28,31)/t18?,21?,23-,24?,25+/m0/s1. The molecule has 2 amide bonds. The van der Waals surface area contributed by atoms with Gasteiger partial charge >= 0.3 is 0 Å². The van der Waals surface area contributed by atoms with Crippen LogP contribution in [0.2, 0.25) is 0 Å². The van der Waals surface area contributed by atoms with Crippen LogP contribution in [-0.4, -0.2) is 66.1 Å². The Morgan fingerprint density at radius 2 is 2.03 bits per heavy atom. The molecular formula is C27H37N3O4. The molecule has 7 nitrogen and oxygen atoms in total. The van der Waals surface area contributed by atoms with Gasteiger partial charge in [0.25, 0.3) is 5.91 Å². The molecule has 0 radical (unpaired) electrons. The van der Waals surface area contributed by atoms with Crippen molar-refractivity contribution in [2.45, 2.75) is 82.7 Å². The van der Waals surface area contributed by atoms with Gasteiger partial charge in [-0.15, -0.1) is 0 Å². The van der Waals surface area contributed by atoms with Crippen molar-refractivity contribution < 1.29 is 19.1 Å². The molecule has 1 N–H and O–H groups in total. The fourth-order valence-electron chi connectivity index (χ4n) is 6.19. The van der Waals surface area contributed by atoms with Crippen LogP contribution in [0.15, 0.2) is 30.5 Å². The van der Waals surface area contributed by atoms with E-state index in [1.807, 2.05) is 25.3 Å². The highest BCUT2D eigenvalue weighted by Crippen LogP contribution is 2.35. The number of nitrogens with zero attached hydrogens (tertiary/aromatic N) is 2. The first-order chi connectivity index (χ1) is 16.5. The molecular weight excluding hydrogens is 430 g/mol. The van der Waals surface area contributed by atoms with Crippen molar-refractivity contribution in [3.8, 4) is 5.75 Å². The molecule has 2 aliphatic carbocycles. The first-order valence-corrected chi connectivity index (χ1v) is 12.8. The molecule has 3 atom stereocenters. The van der Waals surface area contributed by atoms with Crippen molar-refractivity contribution in [3.05, 3.63) is 41.6 Å². The van der Waals surface area contributed by atoms with E-state index in [4.69, 9.17) is 9.47 Å². The number of methoxy groups -OCH3 is 1. The Balaban J connectivity index is 1.23. The van der Waals surface area contributed by atoms with Crippen LogP contribution in [0.3, 0.4) is 0 Å². The third-order valence-electron chi connectivity index (χ3n) is 8.21. The Kier molecular flexibility index (Phi) is 6.67. The third kappa shape index (κ3) is 4.48. The van der Waals surface area contributed by atoms with E-state index >= 15 is 0 Å². The van der Waals surface area contributed by atoms with Crippen molar-refractivity contribution in [2.24, 2.45) is 5.92 Å². The molecule has 1 aromatic rings. The van der Waals surface area contributed by atoms with Crippen molar-refractivity contribution >= 4 is 11.8 Å². The van der Waals surface area contributed by atoms with Crippen LogP contribution in [0.1, 0.15) is 67.8 Å². The van der Waals surface area contributed by atoms with E-state index in [9.17, 15) is 9.59 Å². The van der Waals surface area contributed by atoms with Crippen molar-refractivity contribution in [2.75, 3.05) is 20.2 Å². The Labute approximate surface area is 202 Å². The summed E-state index contributed by atoms with van der Waals surface area (Å²) in [6.07, 6.45) is 7.65. The molecule has 0 bridgehead atoms. The Hall–Kier alpha value is -2.38. The lowest BCUT2D eigenvalue weighted by molar-refractivity contribution is -0.126. The molecule has 0 spiro atoms. The summed E-state index contributed by atoms with van der Waals surface area (Å²) in [5.74, 6) is 1.34. The number of ether oxygens (including phenoxy) is 2. The zero-order valence-electron chi connectivity index (χ0n) is 20.4. The molecule has 34 heavy (non-hydrogen) atoms. The second-order valence-electron chi connectivity index (χ2n) is 10.3. The van der Waals surface area contributed by atoms with E-state index in [1.165, 1.54) is 6.42 Å². The number of hydrogen-bond acceptors (Lipinski definition) is 5. The van der Waals surface area contributed by atoms with E-state index < -0.39 is 6.04 Å². The molecule has 1 unspecified atom stereocenters. The maximum atomic E-state index is 13.0. The number of likely N-dealkylation sites (N-methyl/N-ethyl adjacent to an activating group) is 1. The Morgan fingerprint density at radius 3 is 2.76 bits per heavy atom. The largest absolute Gasteiger partial charge is 0.489 e. The molecule has 184 valence electrons. The van der Waals surface area contributed by atoms with Crippen LogP contribution in [0.25, 0.3) is 0 Å². The summed E-state index contributed by atoms with van der Waals surface area (Å²) in [6.45, 7) is 8.68. The Morgan fingerprint density at radius 1 is 1.21 bits per heavy atom. The van der Waals surface area contributed by atoms with Gasteiger partial charge < -0.3 is 19.7 Å². The summed E-state index contributed by atoms with van der Waals surface area (Å²) in [5, 5.41) is 2.80. The normalized spacial score (nSPS) is 31.0. The van der Waals surface area contributed by atoms with Gasteiger partial charge in [0.2, 0.25) is 5.91 Å². The lowest BCUT2D eigenvalue weighted by Crippen LogP contribution is -2.49. The molecule has 7 heteroatoms.